The Balaban J connectivity index is 3.83. The Morgan fingerprint density at radius 1 is 1.24 bits per heavy atom. The lowest BCUT2D eigenvalue weighted by Crippen LogP contribution is -2.31. The van der Waals surface area contributed by atoms with Crippen LogP contribution in [0.4, 0.5) is 0 Å². The van der Waals surface area contributed by atoms with Gasteiger partial charge in [-0.15, -0.1) is 0 Å². The van der Waals surface area contributed by atoms with E-state index in [2.05, 4.69) is 17.9 Å². The zero-order chi connectivity index (χ0) is 13.5. The van der Waals surface area contributed by atoms with Gasteiger partial charge in [0.25, 0.3) is 0 Å². The molecule has 0 aliphatic heterocycles. The van der Waals surface area contributed by atoms with Crippen molar-refractivity contribution in [3.8, 4) is 0 Å². The molecule has 0 aromatic rings. The highest BCUT2D eigenvalue weighted by molar-refractivity contribution is 7.91. The molecule has 1 N–H and O–H groups in total. The SMILES string of the molecule is CC(C)CCS(=O)(=O)CCNC(=O)CC(C)S. The summed E-state index contributed by atoms with van der Waals surface area (Å²) in [6.07, 6.45) is 0.985. The number of carbonyl (C=O) groups is 1. The number of hydrogen-bond donors (Lipinski definition) is 2. The molecule has 0 spiro atoms. The van der Waals surface area contributed by atoms with E-state index in [-0.39, 0.29) is 29.2 Å². The molecule has 1 amide bonds. The third-order valence-electron chi connectivity index (χ3n) is 2.22. The fourth-order valence-corrected chi connectivity index (χ4v) is 2.82. The maximum atomic E-state index is 11.6. The third kappa shape index (κ3) is 10.6. The second kappa shape index (κ2) is 7.97. The van der Waals surface area contributed by atoms with Crippen LogP contribution in [0.3, 0.4) is 0 Å². The van der Waals surface area contributed by atoms with Crippen LogP contribution in [0, 0.1) is 5.92 Å². The molecule has 1 unspecified atom stereocenters. The van der Waals surface area contributed by atoms with Crippen LogP contribution in [0.2, 0.25) is 0 Å². The van der Waals surface area contributed by atoms with Crippen LogP contribution < -0.4 is 5.32 Å². The van der Waals surface area contributed by atoms with Crippen LogP contribution in [-0.2, 0) is 14.6 Å². The zero-order valence-electron chi connectivity index (χ0n) is 10.8. The molecule has 6 heteroatoms. The molecule has 0 aromatic heterocycles. The molecule has 0 fully saturated rings. The van der Waals surface area contributed by atoms with Crippen molar-refractivity contribution in [1.29, 1.82) is 0 Å². The summed E-state index contributed by atoms with van der Waals surface area (Å²) in [5.74, 6) is 0.451. The fraction of sp³-hybridized carbons (Fsp3) is 0.909. The molecule has 102 valence electrons. The molecule has 0 radical (unpaired) electrons. The number of rotatable bonds is 8. The maximum Gasteiger partial charge on any atom is 0.221 e. The van der Waals surface area contributed by atoms with Gasteiger partial charge in [-0.05, 0) is 12.3 Å². The van der Waals surface area contributed by atoms with E-state index in [9.17, 15) is 13.2 Å². The van der Waals surface area contributed by atoms with Crippen molar-refractivity contribution in [2.24, 2.45) is 5.92 Å². The van der Waals surface area contributed by atoms with Gasteiger partial charge in [-0.25, -0.2) is 8.42 Å². The molecule has 0 heterocycles. The highest BCUT2D eigenvalue weighted by Gasteiger charge is 2.12. The summed E-state index contributed by atoms with van der Waals surface area (Å²) in [6, 6.07) is 0. The Labute approximate surface area is 110 Å². The number of thiol groups is 1. The first-order chi connectivity index (χ1) is 7.73. The van der Waals surface area contributed by atoms with E-state index in [1.54, 1.807) is 0 Å². The topological polar surface area (TPSA) is 63.2 Å². The van der Waals surface area contributed by atoms with Gasteiger partial charge in [0, 0.05) is 18.2 Å². The van der Waals surface area contributed by atoms with E-state index < -0.39 is 9.84 Å². The van der Waals surface area contributed by atoms with Gasteiger partial charge in [-0.3, -0.25) is 4.79 Å². The second-order valence-electron chi connectivity index (χ2n) is 4.74. The van der Waals surface area contributed by atoms with Crippen molar-refractivity contribution in [3.05, 3.63) is 0 Å². The summed E-state index contributed by atoms with van der Waals surface area (Å²) < 4.78 is 23.1. The van der Waals surface area contributed by atoms with E-state index in [0.717, 1.165) is 0 Å². The lowest BCUT2D eigenvalue weighted by Gasteiger charge is -2.08. The first-order valence-corrected chi connectivity index (χ1v) is 8.22. The van der Waals surface area contributed by atoms with E-state index in [1.807, 2.05) is 20.8 Å². The van der Waals surface area contributed by atoms with Crippen LogP contribution in [0.15, 0.2) is 0 Å². The van der Waals surface area contributed by atoms with Gasteiger partial charge in [0.1, 0.15) is 0 Å². The van der Waals surface area contributed by atoms with Crippen molar-refractivity contribution in [1.82, 2.24) is 5.32 Å². The predicted molar refractivity (Wildman–Crippen MR) is 74.2 cm³/mol. The highest BCUT2D eigenvalue weighted by Crippen LogP contribution is 2.03. The molecule has 0 bridgehead atoms. The second-order valence-corrected chi connectivity index (χ2v) is 7.92. The predicted octanol–water partition coefficient (Wildman–Crippen LogP) is 1.27. The number of hydrogen-bond acceptors (Lipinski definition) is 4. The summed E-state index contributed by atoms with van der Waals surface area (Å²) in [4.78, 5) is 11.3. The molecule has 0 saturated carbocycles. The minimum Gasteiger partial charge on any atom is -0.355 e. The van der Waals surface area contributed by atoms with Crippen molar-refractivity contribution >= 4 is 28.4 Å². The van der Waals surface area contributed by atoms with E-state index in [0.29, 0.717) is 18.8 Å². The standard InChI is InChI=1S/C11H23NO3S2/c1-9(2)4-6-17(14,15)7-5-12-11(13)8-10(3)16/h9-10,16H,4-8H2,1-3H3,(H,12,13). The van der Waals surface area contributed by atoms with Crippen LogP contribution in [0.5, 0.6) is 0 Å². The first-order valence-electron chi connectivity index (χ1n) is 5.88. The summed E-state index contributed by atoms with van der Waals surface area (Å²) in [7, 11) is -3.03. The minimum absolute atomic E-state index is 0.00690. The fourth-order valence-electron chi connectivity index (χ4n) is 1.20. The normalized spacial score (nSPS) is 13.7. The summed E-state index contributed by atoms with van der Waals surface area (Å²) >= 11 is 4.09. The Hall–Kier alpha value is -0.230. The molecule has 17 heavy (non-hydrogen) atoms. The van der Waals surface area contributed by atoms with Crippen molar-refractivity contribution in [2.45, 2.75) is 38.9 Å². The summed E-state index contributed by atoms with van der Waals surface area (Å²) in [5.41, 5.74) is 0. The zero-order valence-corrected chi connectivity index (χ0v) is 12.5. The van der Waals surface area contributed by atoms with E-state index >= 15 is 0 Å². The average molecular weight is 281 g/mol. The van der Waals surface area contributed by atoms with Crippen LogP contribution >= 0.6 is 12.6 Å². The average Bonchev–Trinajstić information content (AvgIpc) is 2.13. The third-order valence-corrected chi connectivity index (χ3v) is 4.09. The van der Waals surface area contributed by atoms with Gasteiger partial charge in [0.05, 0.1) is 11.5 Å². The Bertz CT molecular complexity index is 324. The molecular formula is C11H23NO3S2. The van der Waals surface area contributed by atoms with Gasteiger partial charge in [-0.1, -0.05) is 20.8 Å². The van der Waals surface area contributed by atoms with Crippen molar-refractivity contribution in [3.63, 3.8) is 0 Å². The lowest BCUT2D eigenvalue weighted by molar-refractivity contribution is -0.120. The van der Waals surface area contributed by atoms with Crippen LogP contribution in [0.1, 0.15) is 33.6 Å². The quantitative estimate of drug-likeness (QED) is 0.659. The smallest absolute Gasteiger partial charge is 0.221 e. The van der Waals surface area contributed by atoms with Crippen LogP contribution in [0.25, 0.3) is 0 Å². The maximum absolute atomic E-state index is 11.6. The first kappa shape index (κ1) is 16.8. The number of carbonyl (C=O) groups excluding carboxylic acids is 1. The van der Waals surface area contributed by atoms with Crippen LogP contribution in [-0.4, -0.2) is 37.6 Å². The molecule has 0 aromatic carbocycles. The van der Waals surface area contributed by atoms with Gasteiger partial charge in [0.15, 0.2) is 9.84 Å². The Morgan fingerprint density at radius 2 is 1.82 bits per heavy atom. The largest absolute Gasteiger partial charge is 0.355 e. The summed E-state index contributed by atoms with van der Waals surface area (Å²) in [5, 5.41) is 2.58. The number of amides is 1. The molecule has 0 saturated heterocycles. The van der Waals surface area contributed by atoms with E-state index in [1.165, 1.54) is 0 Å². The van der Waals surface area contributed by atoms with Crippen molar-refractivity contribution < 1.29 is 13.2 Å². The number of sulfone groups is 1. The van der Waals surface area contributed by atoms with Gasteiger partial charge >= 0.3 is 0 Å². The van der Waals surface area contributed by atoms with Gasteiger partial charge < -0.3 is 5.32 Å². The number of nitrogens with one attached hydrogen (secondary N) is 1. The van der Waals surface area contributed by atoms with E-state index in [4.69, 9.17) is 0 Å². The van der Waals surface area contributed by atoms with Crippen molar-refractivity contribution in [2.75, 3.05) is 18.1 Å². The highest BCUT2D eigenvalue weighted by atomic mass is 32.2. The van der Waals surface area contributed by atoms with Gasteiger partial charge in [-0.2, -0.15) is 12.6 Å². The molecule has 4 nitrogen and oxygen atoms in total. The minimum atomic E-state index is -3.03. The summed E-state index contributed by atoms with van der Waals surface area (Å²) in [6.45, 7) is 6.00. The molecule has 0 rings (SSSR count). The van der Waals surface area contributed by atoms with Gasteiger partial charge in [0.2, 0.25) is 5.91 Å². The molecule has 0 aliphatic rings. The lowest BCUT2D eigenvalue weighted by atomic mass is 10.2. The Morgan fingerprint density at radius 3 is 2.29 bits per heavy atom. The Kier molecular flexibility index (Phi) is 7.87. The molecule has 0 aliphatic carbocycles. The monoisotopic (exact) mass is 281 g/mol. The molecular weight excluding hydrogens is 258 g/mol. The molecule has 1 atom stereocenters.